The van der Waals surface area contributed by atoms with E-state index in [0.717, 1.165) is 22.5 Å². The van der Waals surface area contributed by atoms with E-state index in [1.165, 1.54) is 17.3 Å². The van der Waals surface area contributed by atoms with Crippen LogP contribution in [0.4, 0.5) is 0 Å². The zero-order valence-electron chi connectivity index (χ0n) is 14.1. The van der Waals surface area contributed by atoms with Gasteiger partial charge in [-0.3, -0.25) is 9.36 Å². The van der Waals surface area contributed by atoms with Gasteiger partial charge in [0.15, 0.2) is 5.16 Å². The fourth-order valence-electron chi connectivity index (χ4n) is 2.52. The number of ether oxygens (including phenoxy) is 1. The van der Waals surface area contributed by atoms with Gasteiger partial charge in [0.2, 0.25) is 0 Å². The molecule has 0 N–H and O–H groups in total. The Kier molecular flexibility index (Phi) is 5.02. The van der Waals surface area contributed by atoms with Crippen LogP contribution in [0.1, 0.15) is 11.1 Å². The molecule has 124 valence electrons. The van der Waals surface area contributed by atoms with E-state index in [2.05, 4.69) is 13.8 Å². The minimum absolute atomic E-state index is 0.0382. The summed E-state index contributed by atoms with van der Waals surface area (Å²) >= 11 is 1.53. The maximum Gasteiger partial charge on any atom is 0.266 e. The highest BCUT2D eigenvalue weighted by Crippen LogP contribution is 2.22. The number of para-hydroxylation sites is 1. The van der Waals surface area contributed by atoms with Crippen LogP contribution in [0.3, 0.4) is 0 Å². The third kappa shape index (κ3) is 3.23. The molecule has 24 heavy (non-hydrogen) atoms. The number of hydrogen-bond acceptors (Lipinski definition) is 4. The molecule has 0 aliphatic heterocycles. The Bertz CT molecular complexity index is 934. The van der Waals surface area contributed by atoms with E-state index in [1.807, 2.05) is 42.5 Å². The van der Waals surface area contributed by atoms with Crippen LogP contribution in [-0.4, -0.2) is 29.0 Å². The van der Waals surface area contributed by atoms with E-state index in [-0.39, 0.29) is 5.56 Å². The molecule has 1 heterocycles. The largest absolute Gasteiger partial charge is 0.384 e. The first-order valence-corrected chi connectivity index (χ1v) is 8.81. The summed E-state index contributed by atoms with van der Waals surface area (Å²) < 4.78 is 6.83. The highest BCUT2D eigenvalue weighted by Gasteiger charge is 2.13. The first-order valence-electron chi connectivity index (χ1n) is 7.83. The Labute approximate surface area is 145 Å². The monoisotopic (exact) mass is 340 g/mol. The fraction of sp³-hybridized carbons (Fsp3) is 0.263. The summed E-state index contributed by atoms with van der Waals surface area (Å²) in [5, 5.41) is 1.32. The SMILES string of the molecule is COCCSc1nc2ccccc2c(=O)n1-c1ccc(C)c(C)c1. The molecule has 2 aromatic carbocycles. The molecule has 0 bridgehead atoms. The second-order valence-electron chi connectivity index (χ2n) is 5.66. The zero-order chi connectivity index (χ0) is 17.1. The van der Waals surface area contributed by atoms with E-state index < -0.39 is 0 Å². The highest BCUT2D eigenvalue weighted by molar-refractivity contribution is 7.99. The number of benzene rings is 2. The first kappa shape index (κ1) is 16.7. The van der Waals surface area contributed by atoms with Gasteiger partial charge >= 0.3 is 0 Å². The van der Waals surface area contributed by atoms with Crippen LogP contribution in [0.15, 0.2) is 52.4 Å². The Balaban J connectivity index is 2.22. The lowest BCUT2D eigenvalue weighted by molar-refractivity contribution is 0.218. The van der Waals surface area contributed by atoms with Gasteiger partial charge in [0.05, 0.1) is 23.2 Å². The van der Waals surface area contributed by atoms with Crippen LogP contribution in [0.25, 0.3) is 16.6 Å². The van der Waals surface area contributed by atoms with E-state index in [4.69, 9.17) is 9.72 Å². The molecular formula is C19H20N2O2S. The van der Waals surface area contributed by atoms with Gasteiger partial charge in [-0.25, -0.2) is 4.98 Å². The van der Waals surface area contributed by atoms with Crippen LogP contribution >= 0.6 is 11.8 Å². The molecule has 3 aromatic rings. The van der Waals surface area contributed by atoms with Gasteiger partial charge in [-0.2, -0.15) is 0 Å². The molecule has 0 atom stereocenters. The Hall–Kier alpha value is -2.11. The summed E-state index contributed by atoms with van der Waals surface area (Å²) in [5.74, 6) is 0.742. The molecule has 5 heteroatoms. The van der Waals surface area contributed by atoms with Crippen LogP contribution in [0.2, 0.25) is 0 Å². The van der Waals surface area contributed by atoms with Crippen molar-refractivity contribution < 1.29 is 4.74 Å². The number of aryl methyl sites for hydroxylation is 2. The van der Waals surface area contributed by atoms with Crippen molar-refractivity contribution in [3.05, 3.63) is 63.9 Å². The number of nitrogens with zero attached hydrogens (tertiary/aromatic N) is 2. The Morgan fingerprint density at radius 2 is 1.92 bits per heavy atom. The summed E-state index contributed by atoms with van der Waals surface area (Å²) in [5.41, 5.74) is 3.89. The molecule has 0 radical (unpaired) electrons. The van der Waals surface area contributed by atoms with Gasteiger partial charge < -0.3 is 4.74 Å². The minimum Gasteiger partial charge on any atom is -0.384 e. The summed E-state index contributed by atoms with van der Waals surface area (Å²) in [6.45, 7) is 4.73. The average molecular weight is 340 g/mol. The standard InChI is InChI=1S/C19H20N2O2S/c1-13-8-9-15(12-14(13)2)21-18(22)16-6-4-5-7-17(16)20-19(21)24-11-10-23-3/h4-9,12H,10-11H2,1-3H3. The summed E-state index contributed by atoms with van der Waals surface area (Å²) in [4.78, 5) is 17.8. The van der Waals surface area contributed by atoms with Crippen LogP contribution in [0, 0.1) is 13.8 Å². The molecule has 0 saturated carbocycles. The van der Waals surface area contributed by atoms with Crippen molar-refractivity contribution in [2.75, 3.05) is 19.5 Å². The molecule has 0 saturated heterocycles. The molecule has 3 rings (SSSR count). The number of fused-ring (bicyclic) bond motifs is 1. The first-order chi connectivity index (χ1) is 11.6. The third-order valence-corrected chi connectivity index (χ3v) is 4.92. The quantitative estimate of drug-likeness (QED) is 0.403. The van der Waals surface area contributed by atoms with Crippen molar-refractivity contribution in [3.63, 3.8) is 0 Å². The van der Waals surface area contributed by atoms with Crippen molar-refractivity contribution in [1.29, 1.82) is 0 Å². The maximum absolute atomic E-state index is 13.1. The summed E-state index contributed by atoms with van der Waals surface area (Å²) in [7, 11) is 1.67. The Morgan fingerprint density at radius 1 is 1.12 bits per heavy atom. The number of methoxy groups -OCH3 is 1. The normalized spacial score (nSPS) is 11.1. The van der Waals surface area contributed by atoms with Crippen LogP contribution < -0.4 is 5.56 Å². The Morgan fingerprint density at radius 3 is 2.67 bits per heavy atom. The summed E-state index contributed by atoms with van der Waals surface area (Å²) in [6.07, 6.45) is 0. The van der Waals surface area contributed by atoms with Crippen LogP contribution in [0.5, 0.6) is 0 Å². The van der Waals surface area contributed by atoms with Crippen molar-refractivity contribution in [2.45, 2.75) is 19.0 Å². The van der Waals surface area contributed by atoms with E-state index >= 15 is 0 Å². The van der Waals surface area contributed by atoms with Gasteiger partial charge in [0.25, 0.3) is 5.56 Å². The zero-order valence-corrected chi connectivity index (χ0v) is 14.9. The minimum atomic E-state index is -0.0382. The smallest absolute Gasteiger partial charge is 0.266 e. The van der Waals surface area contributed by atoms with Gasteiger partial charge in [0, 0.05) is 12.9 Å². The molecule has 0 fully saturated rings. The van der Waals surface area contributed by atoms with Crippen molar-refractivity contribution in [2.24, 2.45) is 0 Å². The van der Waals surface area contributed by atoms with Gasteiger partial charge in [-0.05, 0) is 49.2 Å². The predicted molar refractivity (Wildman–Crippen MR) is 99.4 cm³/mol. The average Bonchev–Trinajstić information content (AvgIpc) is 2.58. The van der Waals surface area contributed by atoms with Gasteiger partial charge in [0.1, 0.15) is 0 Å². The highest BCUT2D eigenvalue weighted by atomic mass is 32.2. The van der Waals surface area contributed by atoms with Crippen molar-refractivity contribution >= 4 is 22.7 Å². The van der Waals surface area contributed by atoms with E-state index in [9.17, 15) is 4.79 Å². The lowest BCUT2D eigenvalue weighted by atomic mass is 10.1. The molecule has 0 amide bonds. The number of hydrogen-bond donors (Lipinski definition) is 0. The maximum atomic E-state index is 13.1. The number of thioether (sulfide) groups is 1. The summed E-state index contributed by atoms with van der Waals surface area (Å²) in [6, 6.07) is 13.5. The van der Waals surface area contributed by atoms with E-state index in [1.54, 1.807) is 11.7 Å². The predicted octanol–water partition coefficient (Wildman–Crippen LogP) is 3.74. The molecular weight excluding hydrogens is 320 g/mol. The van der Waals surface area contributed by atoms with Gasteiger partial charge in [-0.1, -0.05) is 30.0 Å². The second-order valence-corrected chi connectivity index (χ2v) is 6.72. The molecule has 1 aromatic heterocycles. The second kappa shape index (κ2) is 7.20. The lowest BCUT2D eigenvalue weighted by Gasteiger charge is -2.14. The number of rotatable bonds is 5. The van der Waals surface area contributed by atoms with E-state index in [0.29, 0.717) is 17.1 Å². The molecule has 0 unspecified atom stereocenters. The van der Waals surface area contributed by atoms with Crippen molar-refractivity contribution in [1.82, 2.24) is 9.55 Å². The third-order valence-electron chi connectivity index (χ3n) is 4.01. The number of aromatic nitrogens is 2. The van der Waals surface area contributed by atoms with Gasteiger partial charge in [-0.15, -0.1) is 0 Å². The molecule has 0 aliphatic carbocycles. The lowest BCUT2D eigenvalue weighted by Crippen LogP contribution is -2.22. The molecule has 0 aliphatic rings. The topological polar surface area (TPSA) is 44.1 Å². The fourth-order valence-corrected chi connectivity index (χ4v) is 3.43. The molecule has 4 nitrogen and oxygen atoms in total. The van der Waals surface area contributed by atoms with Crippen molar-refractivity contribution in [3.8, 4) is 5.69 Å². The van der Waals surface area contributed by atoms with Crippen LogP contribution in [-0.2, 0) is 4.74 Å². The molecule has 0 spiro atoms.